The molecule has 3 nitrogen and oxygen atoms in total. The summed E-state index contributed by atoms with van der Waals surface area (Å²) < 4.78 is 5.04. The minimum Gasteiger partial charge on any atom is -0.428 e. The Labute approximate surface area is 73.2 Å². The van der Waals surface area contributed by atoms with E-state index in [2.05, 4.69) is 4.98 Å². The second-order valence-corrected chi connectivity index (χ2v) is 2.68. The zero-order chi connectivity index (χ0) is 8.55. The van der Waals surface area contributed by atoms with Crippen molar-refractivity contribution in [3.63, 3.8) is 0 Å². The van der Waals surface area contributed by atoms with Gasteiger partial charge in [0.1, 0.15) is 5.52 Å². The quantitative estimate of drug-likeness (QED) is 0.622. The molecule has 0 amide bonds. The van der Waals surface area contributed by atoms with Crippen LogP contribution in [0.3, 0.4) is 0 Å². The molecule has 1 aromatic carbocycles. The Hall–Kier alpha value is -1.53. The van der Waals surface area contributed by atoms with Crippen LogP contribution in [-0.4, -0.2) is 4.98 Å². The molecule has 0 unspecified atom stereocenters. The van der Waals surface area contributed by atoms with E-state index in [-0.39, 0.29) is 5.89 Å². The Morgan fingerprint density at radius 2 is 2.33 bits per heavy atom. The number of nitrogens with zero attached hydrogens (tertiary/aromatic N) is 2. The lowest BCUT2D eigenvalue weighted by atomic mass is 10.3. The smallest absolute Gasteiger partial charge is 0.301 e. The summed E-state index contributed by atoms with van der Waals surface area (Å²) in [7, 11) is 0. The highest BCUT2D eigenvalue weighted by atomic mass is 35.5. The SMILES string of the molecule is N#Cc1nc2cc(Cl)ccc2o1. The summed E-state index contributed by atoms with van der Waals surface area (Å²) in [6.07, 6.45) is 0. The van der Waals surface area contributed by atoms with Crippen LogP contribution in [0.2, 0.25) is 5.02 Å². The number of aromatic nitrogens is 1. The number of halogens is 1. The number of hydrogen-bond acceptors (Lipinski definition) is 3. The van der Waals surface area contributed by atoms with E-state index >= 15 is 0 Å². The van der Waals surface area contributed by atoms with Crippen molar-refractivity contribution in [1.29, 1.82) is 5.26 Å². The summed E-state index contributed by atoms with van der Waals surface area (Å²) >= 11 is 5.71. The fraction of sp³-hybridized carbons (Fsp3) is 0. The predicted molar refractivity (Wildman–Crippen MR) is 43.7 cm³/mol. The van der Waals surface area contributed by atoms with Gasteiger partial charge < -0.3 is 4.42 Å². The Balaban J connectivity index is 2.77. The molecule has 1 aromatic heterocycles. The van der Waals surface area contributed by atoms with Gasteiger partial charge in [-0.1, -0.05) is 11.6 Å². The minimum atomic E-state index is 0.0623. The number of benzene rings is 1. The first-order valence-corrected chi connectivity index (χ1v) is 3.63. The maximum atomic E-state index is 8.47. The van der Waals surface area contributed by atoms with Gasteiger partial charge in [0.2, 0.25) is 0 Å². The van der Waals surface area contributed by atoms with E-state index in [1.165, 1.54) is 0 Å². The van der Waals surface area contributed by atoms with Crippen LogP contribution in [0.4, 0.5) is 0 Å². The van der Waals surface area contributed by atoms with Crippen LogP contribution in [0.25, 0.3) is 11.1 Å². The first kappa shape index (κ1) is 7.14. The van der Waals surface area contributed by atoms with Crippen molar-refractivity contribution in [2.24, 2.45) is 0 Å². The standard InChI is InChI=1S/C8H3ClN2O/c9-5-1-2-7-6(3-5)11-8(4-10)12-7/h1-3H. The van der Waals surface area contributed by atoms with Crippen molar-refractivity contribution < 1.29 is 4.42 Å². The molecule has 0 aliphatic heterocycles. The van der Waals surface area contributed by atoms with E-state index in [0.717, 1.165) is 0 Å². The molecular weight excluding hydrogens is 176 g/mol. The fourth-order valence-corrected chi connectivity index (χ4v) is 1.11. The van der Waals surface area contributed by atoms with Crippen molar-refractivity contribution in [3.05, 3.63) is 29.1 Å². The zero-order valence-electron chi connectivity index (χ0n) is 5.91. The third kappa shape index (κ3) is 1.03. The summed E-state index contributed by atoms with van der Waals surface area (Å²) in [4.78, 5) is 3.88. The Bertz CT molecular complexity index is 469. The molecule has 0 aliphatic rings. The Kier molecular flexibility index (Phi) is 1.49. The van der Waals surface area contributed by atoms with Crippen molar-refractivity contribution in [1.82, 2.24) is 4.98 Å². The summed E-state index contributed by atoms with van der Waals surface area (Å²) in [5.74, 6) is 0.0623. The van der Waals surface area contributed by atoms with Crippen LogP contribution in [0.5, 0.6) is 0 Å². The number of hydrogen-bond donors (Lipinski definition) is 0. The lowest BCUT2D eigenvalue weighted by Gasteiger charge is -1.85. The van der Waals surface area contributed by atoms with Crippen molar-refractivity contribution in [2.75, 3.05) is 0 Å². The minimum absolute atomic E-state index is 0.0623. The molecular formula is C8H3ClN2O. The van der Waals surface area contributed by atoms with Gasteiger partial charge in [0.05, 0.1) is 0 Å². The van der Waals surface area contributed by atoms with Gasteiger partial charge in [-0.3, -0.25) is 0 Å². The molecule has 0 spiro atoms. The lowest BCUT2D eigenvalue weighted by molar-refractivity contribution is 0.584. The van der Waals surface area contributed by atoms with E-state index in [1.807, 2.05) is 6.07 Å². The van der Waals surface area contributed by atoms with E-state index < -0.39 is 0 Å². The van der Waals surface area contributed by atoms with Crippen LogP contribution in [-0.2, 0) is 0 Å². The van der Waals surface area contributed by atoms with Gasteiger partial charge in [0, 0.05) is 5.02 Å². The third-order valence-corrected chi connectivity index (χ3v) is 1.68. The molecule has 0 radical (unpaired) electrons. The fourth-order valence-electron chi connectivity index (χ4n) is 0.948. The van der Waals surface area contributed by atoms with Gasteiger partial charge in [-0.15, -0.1) is 0 Å². The van der Waals surface area contributed by atoms with Crippen molar-refractivity contribution in [3.8, 4) is 6.07 Å². The molecule has 0 saturated heterocycles. The van der Waals surface area contributed by atoms with Crippen LogP contribution in [0.15, 0.2) is 22.6 Å². The van der Waals surface area contributed by atoms with Gasteiger partial charge >= 0.3 is 5.89 Å². The number of fused-ring (bicyclic) bond motifs is 1. The average Bonchev–Trinajstić information content (AvgIpc) is 2.46. The Morgan fingerprint density at radius 3 is 3.08 bits per heavy atom. The van der Waals surface area contributed by atoms with E-state index in [1.54, 1.807) is 18.2 Å². The molecule has 0 N–H and O–H groups in total. The molecule has 4 heteroatoms. The maximum absolute atomic E-state index is 8.47. The second kappa shape index (κ2) is 2.50. The molecule has 1 heterocycles. The topological polar surface area (TPSA) is 49.8 Å². The highest BCUT2D eigenvalue weighted by Gasteiger charge is 2.03. The van der Waals surface area contributed by atoms with Gasteiger partial charge in [-0.25, -0.2) is 0 Å². The number of nitriles is 1. The molecule has 0 fully saturated rings. The van der Waals surface area contributed by atoms with Gasteiger partial charge in [-0.05, 0) is 18.2 Å². The van der Waals surface area contributed by atoms with Crippen molar-refractivity contribution >= 4 is 22.7 Å². The first-order chi connectivity index (χ1) is 5.79. The Morgan fingerprint density at radius 1 is 1.50 bits per heavy atom. The van der Waals surface area contributed by atoms with Crippen LogP contribution >= 0.6 is 11.6 Å². The molecule has 58 valence electrons. The van der Waals surface area contributed by atoms with Crippen LogP contribution in [0, 0.1) is 11.3 Å². The van der Waals surface area contributed by atoms with Crippen LogP contribution in [0.1, 0.15) is 5.89 Å². The molecule has 0 saturated carbocycles. The predicted octanol–water partition coefficient (Wildman–Crippen LogP) is 2.35. The molecule has 0 atom stereocenters. The summed E-state index contributed by atoms with van der Waals surface area (Å²) in [5, 5.41) is 9.05. The molecule has 0 bridgehead atoms. The van der Waals surface area contributed by atoms with Crippen molar-refractivity contribution in [2.45, 2.75) is 0 Å². The summed E-state index contributed by atoms with van der Waals surface area (Å²) in [6, 6.07) is 6.85. The first-order valence-electron chi connectivity index (χ1n) is 3.26. The summed E-state index contributed by atoms with van der Waals surface area (Å²) in [6.45, 7) is 0. The number of rotatable bonds is 0. The highest BCUT2D eigenvalue weighted by Crippen LogP contribution is 2.19. The normalized spacial score (nSPS) is 10.0. The maximum Gasteiger partial charge on any atom is 0.301 e. The van der Waals surface area contributed by atoms with E-state index in [0.29, 0.717) is 16.1 Å². The molecule has 0 aliphatic carbocycles. The van der Waals surface area contributed by atoms with E-state index in [4.69, 9.17) is 21.3 Å². The van der Waals surface area contributed by atoms with Crippen LogP contribution < -0.4 is 0 Å². The van der Waals surface area contributed by atoms with E-state index in [9.17, 15) is 0 Å². The van der Waals surface area contributed by atoms with Gasteiger partial charge in [-0.2, -0.15) is 10.2 Å². The zero-order valence-corrected chi connectivity index (χ0v) is 6.67. The average molecular weight is 179 g/mol. The third-order valence-electron chi connectivity index (χ3n) is 1.45. The molecule has 2 aromatic rings. The monoisotopic (exact) mass is 178 g/mol. The lowest BCUT2D eigenvalue weighted by Crippen LogP contribution is -1.69. The second-order valence-electron chi connectivity index (χ2n) is 2.24. The molecule has 2 rings (SSSR count). The summed E-state index contributed by atoms with van der Waals surface area (Å²) in [5.41, 5.74) is 1.19. The number of oxazole rings is 1. The van der Waals surface area contributed by atoms with Gasteiger partial charge in [0.25, 0.3) is 0 Å². The largest absolute Gasteiger partial charge is 0.428 e. The van der Waals surface area contributed by atoms with Gasteiger partial charge in [0.15, 0.2) is 11.7 Å². The highest BCUT2D eigenvalue weighted by molar-refractivity contribution is 6.31. The molecule has 12 heavy (non-hydrogen) atoms.